The number of carbonyl (C=O) groups excluding carboxylic acids is 1. The molecule has 0 bridgehead atoms. The Balaban J connectivity index is 1.88. The lowest BCUT2D eigenvalue weighted by Gasteiger charge is -2.10. The number of nitrogens with zero attached hydrogens (tertiary/aromatic N) is 4. The van der Waals surface area contributed by atoms with Crippen LogP contribution in [0.3, 0.4) is 0 Å². The van der Waals surface area contributed by atoms with Crippen LogP contribution in [0.1, 0.15) is 17.3 Å². The molecular weight excluding hydrogens is 361 g/mol. The van der Waals surface area contributed by atoms with Gasteiger partial charge in [-0.3, -0.25) is 0 Å². The Morgan fingerprint density at radius 2 is 1.82 bits per heavy atom. The summed E-state index contributed by atoms with van der Waals surface area (Å²) in [5.41, 5.74) is 7.62. The van der Waals surface area contributed by atoms with E-state index in [2.05, 4.69) is 15.3 Å². The average Bonchev–Trinajstić information content (AvgIpc) is 3.09. The van der Waals surface area contributed by atoms with E-state index in [1.54, 1.807) is 19.1 Å². The number of nitrogens with two attached hydrogens (primary N) is 1. The molecule has 28 heavy (non-hydrogen) atoms. The monoisotopic (exact) mass is 377 g/mol. The number of hydrogen-bond donors (Lipinski definition) is 1. The number of aromatic nitrogens is 4. The van der Waals surface area contributed by atoms with Gasteiger partial charge in [0.25, 0.3) is 0 Å². The van der Waals surface area contributed by atoms with Crippen molar-refractivity contribution < 1.29 is 13.9 Å². The smallest absolute Gasteiger partial charge is 0.343 e. The van der Waals surface area contributed by atoms with Crippen LogP contribution in [0.15, 0.2) is 54.7 Å². The van der Waals surface area contributed by atoms with Crippen molar-refractivity contribution in [1.29, 1.82) is 0 Å². The summed E-state index contributed by atoms with van der Waals surface area (Å²) in [4.78, 5) is 12.0. The van der Waals surface area contributed by atoms with Crippen LogP contribution in [0.25, 0.3) is 27.8 Å². The molecule has 2 heterocycles. The average molecular weight is 377 g/mol. The Kier molecular flexibility index (Phi) is 4.44. The van der Waals surface area contributed by atoms with Gasteiger partial charge in [0.2, 0.25) is 0 Å². The third kappa shape index (κ3) is 2.94. The molecular formula is C20H16FN5O2. The molecule has 4 aromatic rings. The van der Waals surface area contributed by atoms with Gasteiger partial charge in [0.05, 0.1) is 12.8 Å². The fourth-order valence-electron chi connectivity index (χ4n) is 2.96. The van der Waals surface area contributed by atoms with Crippen LogP contribution in [0.5, 0.6) is 0 Å². The summed E-state index contributed by atoms with van der Waals surface area (Å²) in [5.74, 6) is -0.373. The van der Waals surface area contributed by atoms with Gasteiger partial charge in [-0.2, -0.15) is 9.78 Å². The molecule has 7 nitrogen and oxygen atoms in total. The molecule has 0 aliphatic carbocycles. The number of carbonyl (C=O) groups is 1. The van der Waals surface area contributed by atoms with E-state index in [-0.39, 0.29) is 23.8 Å². The summed E-state index contributed by atoms with van der Waals surface area (Å²) in [7, 11) is 0. The van der Waals surface area contributed by atoms with Crippen molar-refractivity contribution in [1.82, 2.24) is 20.0 Å². The molecule has 0 aliphatic rings. The maximum absolute atomic E-state index is 13.3. The van der Waals surface area contributed by atoms with Crippen LogP contribution in [0, 0.1) is 5.82 Å². The maximum Gasteiger partial charge on any atom is 0.343 e. The van der Waals surface area contributed by atoms with Crippen molar-refractivity contribution in [3.05, 3.63) is 66.1 Å². The number of fused-ring (bicyclic) bond motifs is 1. The highest BCUT2D eigenvalue weighted by Gasteiger charge is 2.20. The largest absolute Gasteiger partial charge is 0.462 e. The highest BCUT2D eigenvalue weighted by Crippen LogP contribution is 2.30. The minimum Gasteiger partial charge on any atom is -0.462 e. The number of ether oxygens (including phenoxy) is 1. The van der Waals surface area contributed by atoms with Crippen molar-refractivity contribution in [3.63, 3.8) is 0 Å². The van der Waals surface area contributed by atoms with Crippen molar-refractivity contribution in [2.45, 2.75) is 6.92 Å². The second-order valence-electron chi connectivity index (χ2n) is 6.00. The second-order valence-corrected chi connectivity index (χ2v) is 6.00. The molecule has 0 aliphatic heterocycles. The molecule has 0 saturated carbocycles. The van der Waals surface area contributed by atoms with E-state index < -0.39 is 5.97 Å². The zero-order valence-electron chi connectivity index (χ0n) is 15.0. The van der Waals surface area contributed by atoms with E-state index in [1.807, 2.05) is 24.3 Å². The molecule has 2 aromatic heterocycles. The molecule has 0 saturated heterocycles. The maximum atomic E-state index is 13.3. The van der Waals surface area contributed by atoms with Crippen LogP contribution >= 0.6 is 0 Å². The Bertz CT molecular complexity index is 1170. The molecule has 2 N–H and O–H groups in total. The van der Waals surface area contributed by atoms with E-state index in [9.17, 15) is 9.18 Å². The lowest BCUT2D eigenvalue weighted by molar-refractivity contribution is 0.0527. The van der Waals surface area contributed by atoms with Crippen molar-refractivity contribution in [3.8, 4) is 17.1 Å². The SMILES string of the molecule is CCOC(=O)c1cnn(-c2nnc(-c3ccc(F)cc3)c3ccccc23)c1N. The van der Waals surface area contributed by atoms with Crippen LogP contribution in [-0.2, 0) is 4.74 Å². The lowest BCUT2D eigenvalue weighted by Crippen LogP contribution is -2.10. The van der Waals surface area contributed by atoms with Gasteiger partial charge in [-0.1, -0.05) is 24.3 Å². The molecule has 0 spiro atoms. The van der Waals surface area contributed by atoms with Gasteiger partial charge in [-0.25, -0.2) is 9.18 Å². The normalized spacial score (nSPS) is 10.9. The van der Waals surface area contributed by atoms with E-state index in [0.29, 0.717) is 11.5 Å². The highest BCUT2D eigenvalue weighted by molar-refractivity contribution is 5.99. The summed E-state index contributed by atoms with van der Waals surface area (Å²) in [6.07, 6.45) is 1.34. The van der Waals surface area contributed by atoms with Gasteiger partial charge in [0.1, 0.15) is 22.9 Å². The molecule has 0 atom stereocenters. The molecule has 0 fully saturated rings. The zero-order valence-corrected chi connectivity index (χ0v) is 15.0. The zero-order chi connectivity index (χ0) is 19.7. The third-order valence-electron chi connectivity index (χ3n) is 4.29. The number of rotatable bonds is 4. The number of halogens is 1. The van der Waals surface area contributed by atoms with Crippen LogP contribution in [0.4, 0.5) is 10.2 Å². The van der Waals surface area contributed by atoms with Gasteiger partial charge >= 0.3 is 5.97 Å². The third-order valence-corrected chi connectivity index (χ3v) is 4.29. The highest BCUT2D eigenvalue weighted by atomic mass is 19.1. The van der Waals surface area contributed by atoms with Crippen LogP contribution in [0.2, 0.25) is 0 Å². The number of esters is 1. The number of anilines is 1. The van der Waals surface area contributed by atoms with Crippen molar-refractivity contribution >= 4 is 22.6 Å². The lowest BCUT2D eigenvalue weighted by atomic mass is 10.0. The quantitative estimate of drug-likeness (QED) is 0.548. The summed E-state index contributed by atoms with van der Waals surface area (Å²) in [6, 6.07) is 13.5. The van der Waals surface area contributed by atoms with Crippen LogP contribution in [-0.4, -0.2) is 32.6 Å². The van der Waals surface area contributed by atoms with Crippen molar-refractivity contribution in [2.24, 2.45) is 0 Å². The van der Waals surface area contributed by atoms with Crippen LogP contribution < -0.4 is 5.73 Å². The second kappa shape index (κ2) is 7.07. The number of hydrogen-bond acceptors (Lipinski definition) is 6. The Hall–Kier alpha value is -3.81. The molecule has 0 radical (unpaired) electrons. The van der Waals surface area contributed by atoms with E-state index in [1.165, 1.54) is 23.0 Å². The fourth-order valence-corrected chi connectivity index (χ4v) is 2.96. The molecule has 4 rings (SSSR count). The van der Waals surface area contributed by atoms with Gasteiger partial charge in [-0.15, -0.1) is 10.2 Å². The van der Waals surface area contributed by atoms with Gasteiger partial charge in [0, 0.05) is 16.3 Å². The topological polar surface area (TPSA) is 95.9 Å². The van der Waals surface area contributed by atoms with E-state index in [4.69, 9.17) is 10.5 Å². The molecule has 0 unspecified atom stereocenters. The standard InChI is InChI=1S/C20H16FN5O2/c1-2-28-20(27)16-11-23-26(18(16)22)19-15-6-4-3-5-14(15)17(24-25-19)12-7-9-13(21)10-8-12/h3-11H,2,22H2,1H3. The number of benzene rings is 2. The summed E-state index contributed by atoms with van der Waals surface area (Å²) in [6.45, 7) is 1.95. The first-order valence-corrected chi connectivity index (χ1v) is 8.62. The first-order chi connectivity index (χ1) is 13.6. The fraction of sp³-hybridized carbons (Fsp3) is 0.100. The predicted molar refractivity (Wildman–Crippen MR) is 102 cm³/mol. The summed E-state index contributed by atoms with van der Waals surface area (Å²) >= 11 is 0. The van der Waals surface area contributed by atoms with Gasteiger partial charge in [-0.05, 0) is 31.2 Å². The molecule has 0 amide bonds. The summed E-state index contributed by atoms with van der Waals surface area (Å²) < 4.78 is 19.6. The van der Waals surface area contributed by atoms with Crippen molar-refractivity contribution in [2.75, 3.05) is 12.3 Å². The predicted octanol–water partition coefficient (Wildman–Crippen LogP) is 3.38. The van der Waals surface area contributed by atoms with E-state index >= 15 is 0 Å². The first-order valence-electron chi connectivity index (χ1n) is 8.62. The van der Waals surface area contributed by atoms with Gasteiger partial charge in [0.15, 0.2) is 5.82 Å². The number of nitrogen functional groups attached to an aromatic ring is 1. The molecule has 140 valence electrons. The van der Waals surface area contributed by atoms with E-state index in [0.717, 1.165) is 16.3 Å². The first kappa shape index (κ1) is 17.6. The van der Waals surface area contributed by atoms with Gasteiger partial charge < -0.3 is 10.5 Å². The minimum absolute atomic E-state index is 0.118. The minimum atomic E-state index is -0.550. The summed E-state index contributed by atoms with van der Waals surface area (Å²) in [5, 5.41) is 14.3. The Labute approximate surface area is 159 Å². The molecule has 8 heteroatoms. The Morgan fingerprint density at radius 3 is 2.54 bits per heavy atom. The molecule has 2 aromatic carbocycles. The Morgan fingerprint density at radius 1 is 1.11 bits per heavy atom.